The molecule has 0 N–H and O–H groups in total. The van der Waals surface area contributed by atoms with Crippen molar-refractivity contribution in [1.29, 1.82) is 0 Å². The molecule has 0 bridgehead atoms. The van der Waals surface area contributed by atoms with E-state index in [9.17, 15) is 4.79 Å². The summed E-state index contributed by atoms with van der Waals surface area (Å²) in [6.07, 6.45) is 0. The number of ether oxygens (including phenoxy) is 2. The van der Waals surface area contributed by atoms with Gasteiger partial charge in [-0.2, -0.15) is 0 Å². The lowest BCUT2D eigenvalue weighted by Crippen LogP contribution is -2.02. The fraction of sp³-hybridized carbons (Fsp3) is 0.118. The van der Waals surface area contributed by atoms with Gasteiger partial charge in [0.1, 0.15) is 11.5 Å². The number of hydrogen-bond acceptors (Lipinski definition) is 3. The van der Waals surface area contributed by atoms with Crippen LogP contribution in [0.4, 0.5) is 0 Å². The number of fused-ring (bicyclic) bond motifs is 2. The molecule has 0 aliphatic carbocycles. The fourth-order valence-corrected chi connectivity index (χ4v) is 2.39. The van der Waals surface area contributed by atoms with E-state index in [0.717, 1.165) is 27.3 Å². The van der Waals surface area contributed by atoms with E-state index in [4.69, 9.17) is 9.47 Å². The summed E-state index contributed by atoms with van der Waals surface area (Å²) < 4.78 is 10.7. The van der Waals surface area contributed by atoms with Crippen LogP contribution in [0, 0.1) is 0 Å². The molecule has 0 saturated carbocycles. The molecule has 0 amide bonds. The van der Waals surface area contributed by atoms with Crippen molar-refractivity contribution in [3.63, 3.8) is 0 Å². The molecule has 3 nitrogen and oxygen atoms in total. The maximum absolute atomic E-state index is 11.4. The second-order valence-corrected chi connectivity index (χ2v) is 4.61. The van der Waals surface area contributed by atoms with E-state index in [2.05, 4.69) is 6.07 Å². The van der Waals surface area contributed by atoms with Crippen LogP contribution >= 0.6 is 0 Å². The normalized spacial score (nSPS) is 10.7. The molecule has 20 heavy (non-hydrogen) atoms. The summed E-state index contributed by atoms with van der Waals surface area (Å²) in [7, 11) is 1.63. The highest BCUT2D eigenvalue weighted by Crippen LogP contribution is 2.36. The van der Waals surface area contributed by atoms with Crippen LogP contribution in [0.25, 0.3) is 21.5 Å². The van der Waals surface area contributed by atoms with Crippen molar-refractivity contribution in [3.8, 4) is 11.5 Å². The minimum atomic E-state index is -0.321. The summed E-state index contributed by atoms with van der Waals surface area (Å²) in [6.45, 7) is 1.41. The Hall–Kier alpha value is -2.55. The molecule has 0 spiro atoms. The molecule has 0 aliphatic rings. The number of methoxy groups -OCH3 is 1. The molecule has 0 fully saturated rings. The highest BCUT2D eigenvalue weighted by atomic mass is 16.5. The molecule has 0 aromatic heterocycles. The topological polar surface area (TPSA) is 35.5 Å². The summed E-state index contributed by atoms with van der Waals surface area (Å²) in [5.74, 6) is 1.06. The zero-order valence-electron chi connectivity index (χ0n) is 11.3. The van der Waals surface area contributed by atoms with Crippen LogP contribution in [0.5, 0.6) is 11.5 Å². The monoisotopic (exact) mass is 266 g/mol. The van der Waals surface area contributed by atoms with Crippen molar-refractivity contribution in [3.05, 3.63) is 48.5 Å². The van der Waals surface area contributed by atoms with Gasteiger partial charge in [-0.25, -0.2) is 0 Å². The van der Waals surface area contributed by atoms with E-state index in [1.165, 1.54) is 6.92 Å². The number of benzene rings is 3. The Bertz CT molecular complexity index is 806. The molecule has 0 heterocycles. The molecule has 0 saturated heterocycles. The number of carbonyl (C=O) groups excluding carboxylic acids is 1. The third kappa shape index (κ3) is 2.07. The van der Waals surface area contributed by atoms with Crippen LogP contribution in [-0.4, -0.2) is 13.1 Å². The molecule has 0 aliphatic heterocycles. The number of rotatable bonds is 2. The minimum absolute atomic E-state index is 0.321. The summed E-state index contributed by atoms with van der Waals surface area (Å²) in [4.78, 5) is 11.4. The smallest absolute Gasteiger partial charge is 0.308 e. The molecule has 0 atom stereocenters. The van der Waals surface area contributed by atoms with Gasteiger partial charge in [0.15, 0.2) is 0 Å². The van der Waals surface area contributed by atoms with Crippen molar-refractivity contribution in [2.45, 2.75) is 6.92 Å². The number of carbonyl (C=O) groups is 1. The zero-order chi connectivity index (χ0) is 14.1. The average Bonchev–Trinajstić information content (AvgIpc) is 2.46. The van der Waals surface area contributed by atoms with E-state index < -0.39 is 0 Å². The Morgan fingerprint density at radius 1 is 0.950 bits per heavy atom. The van der Waals surface area contributed by atoms with Crippen molar-refractivity contribution in [1.82, 2.24) is 0 Å². The van der Waals surface area contributed by atoms with Crippen molar-refractivity contribution >= 4 is 27.5 Å². The lowest BCUT2D eigenvalue weighted by molar-refractivity contribution is -0.131. The van der Waals surface area contributed by atoms with Crippen molar-refractivity contribution in [2.24, 2.45) is 0 Å². The third-order valence-electron chi connectivity index (χ3n) is 3.27. The first kappa shape index (κ1) is 12.5. The fourth-order valence-electron chi connectivity index (χ4n) is 2.39. The van der Waals surface area contributed by atoms with Gasteiger partial charge in [0, 0.05) is 17.7 Å². The molecule has 100 valence electrons. The molecule has 0 radical (unpaired) electrons. The Kier molecular flexibility index (Phi) is 3.03. The van der Waals surface area contributed by atoms with Crippen LogP contribution in [0.15, 0.2) is 48.5 Å². The quantitative estimate of drug-likeness (QED) is 0.400. The SMILES string of the molecule is COc1ccc2c(OC(C)=O)c3ccccc3cc2c1. The largest absolute Gasteiger partial charge is 0.497 e. The molecular formula is C17H14O3. The molecule has 3 heteroatoms. The molecule has 0 unspecified atom stereocenters. The highest BCUT2D eigenvalue weighted by Gasteiger charge is 2.11. The van der Waals surface area contributed by atoms with Gasteiger partial charge in [0.2, 0.25) is 0 Å². The van der Waals surface area contributed by atoms with Gasteiger partial charge in [-0.15, -0.1) is 0 Å². The molecule has 3 aromatic rings. The van der Waals surface area contributed by atoms with Gasteiger partial charge in [-0.05, 0) is 35.0 Å². The van der Waals surface area contributed by atoms with Crippen LogP contribution in [0.2, 0.25) is 0 Å². The first-order valence-corrected chi connectivity index (χ1v) is 6.37. The van der Waals surface area contributed by atoms with Crippen molar-refractivity contribution < 1.29 is 14.3 Å². The Balaban J connectivity index is 2.39. The van der Waals surface area contributed by atoms with Gasteiger partial charge in [0.05, 0.1) is 7.11 Å². The summed E-state index contributed by atoms with van der Waals surface area (Å²) in [5.41, 5.74) is 0. The second-order valence-electron chi connectivity index (χ2n) is 4.61. The van der Waals surface area contributed by atoms with E-state index >= 15 is 0 Å². The average molecular weight is 266 g/mol. The van der Waals surface area contributed by atoms with Crippen molar-refractivity contribution in [2.75, 3.05) is 7.11 Å². The van der Waals surface area contributed by atoms with Crippen LogP contribution in [-0.2, 0) is 4.79 Å². The van der Waals surface area contributed by atoms with Crippen LogP contribution < -0.4 is 9.47 Å². The minimum Gasteiger partial charge on any atom is -0.497 e. The third-order valence-corrected chi connectivity index (χ3v) is 3.27. The van der Waals surface area contributed by atoms with Crippen LogP contribution in [0.3, 0.4) is 0 Å². The predicted octanol–water partition coefficient (Wildman–Crippen LogP) is 3.93. The van der Waals surface area contributed by atoms with Gasteiger partial charge < -0.3 is 9.47 Å². The summed E-state index contributed by atoms with van der Waals surface area (Å²) in [5, 5.41) is 3.85. The number of hydrogen-bond donors (Lipinski definition) is 0. The lowest BCUT2D eigenvalue weighted by Gasteiger charge is -2.11. The Labute approximate surface area is 116 Å². The Morgan fingerprint density at radius 3 is 2.45 bits per heavy atom. The van der Waals surface area contributed by atoms with E-state index in [-0.39, 0.29) is 5.97 Å². The zero-order valence-corrected chi connectivity index (χ0v) is 11.3. The lowest BCUT2D eigenvalue weighted by atomic mass is 10.0. The molecular weight excluding hydrogens is 252 g/mol. The first-order valence-electron chi connectivity index (χ1n) is 6.37. The predicted molar refractivity (Wildman–Crippen MR) is 79.3 cm³/mol. The van der Waals surface area contributed by atoms with Gasteiger partial charge in [0.25, 0.3) is 0 Å². The molecule has 3 aromatic carbocycles. The van der Waals surface area contributed by atoms with E-state index in [1.807, 2.05) is 42.5 Å². The highest BCUT2D eigenvalue weighted by molar-refractivity contribution is 6.06. The van der Waals surface area contributed by atoms with Gasteiger partial charge in [-0.1, -0.05) is 24.3 Å². The molecule has 3 rings (SSSR count). The van der Waals surface area contributed by atoms with Gasteiger partial charge >= 0.3 is 5.97 Å². The van der Waals surface area contributed by atoms with Gasteiger partial charge in [-0.3, -0.25) is 4.79 Å². The summed E-state index contributed by atoms with van der Waals surface area (Å²) >= 11 is 0. The first-order chi connectivity index (χ1) is 9.69. The summed E-state index contributed by atoms with van der Waals surface area (Å²) in [6, 6.07) is 15.6. The van der Waals surface area contributed by atoms with Crippen LogP contribution in [0.1, 0.15) is 6.92 Å². The number of esters is 1. The maximum atomic E-state index is 11.4. The standard InChI is InChI=1S/C17H14O3/c1-11(18)20-17-15-6-4-3-5-12(15)9-13-10-14(19-2)7-8-16(13)17/h3-10H,1-2H3. The maximum Gasteiger partial charge on any atom is 0.308 e. The second kappa shape index (κ2) is 4.85. The van der Waals surface area contributed by atoms with E-state index in [1.54, 1.807) is 7.11 Å². The Morgan fingerprint density at radius 2 is 1.70 bits per heavy atom. The van der Waals surface area contributed by atoms with E-state index in [0.29, 0.717) is 5.75 Å².